The van der Waals surface area contributed by atoms with E-state index in [0.717, 1.165) is 13.1 Å². The van der Waals surface area contributed by atoms with Gasteiger partial charge in [-0.2, -0.15) is 0 Å². The maximum Gasteiger partial charge on any atom is 0.0794 e. The molecule has 1 saturated heterocycles. The lowest BCUT2D eigenvalue weighted by atomic mass is 10.0. The zero-order valence-corrected chi connectivity index (χ0v) is 9.36. The number of rotatable bonds is 4. The minimum absolute atomic E-state index is 0.310. The molecule has 1 aliphatic heterocycles. The van der Waals surface area contributed by atoms with E-state index in [9.17, 15) is 0 Å². The highest BCUT2D eigenvalue weighted by molar-refractivity contribution is 7.09. The summed E-state index contributed by atoms with van der Waals surface area (Å²) in [6, 6.07) is 0. The summed E-state index contributed by atoms with van der Waals surface area (Å²) in [5.41, 5.74) is 2.19. The molecule has 1 aromatic heterocycles. The molecule has 1 unspecified atom stereocenters. The van der Waals surface area contributed by atoms with Gasteiger partial charge in [-0.1, -0.05) is 0 Å². The molecule has 78 valence electrons. The molecular weight excluding hydrogens is 194 g/mol. The number of hydrogen-bond acceptors (Lipinski definition) is 4. The second kappa shape index (κ2) is 4.38. The lowest BCUT2D eigenvalue weighted by Gasteiger charge is -2.24. The Morgan fingerprint density at radius 2 is 2.64 bits per heavy atom. The molecule has 1 aromatic rings. The first-order valence-electron chi connectivity index (χ1n) is 5.12. The SMILES string of the molecule is CC1(CNCc2cncs2)CCCN1. The average Bonchev–Trinajstić information content (AvgIpc) is 2.77. The predicted molar refractivity (Wildman–Crippen MR) is 59.5 cm³/mol. The van der Waals surface area contributed by atoms with E-state index in [1.54, 1.807) is 11.3 Å². The fraction of sp³-hybridized carbons (Fsp3) is 0.700. The van der Waals surface area contributed by atoms with E-state index in [2.05, 4.69) is 22.5 Å². The quantitative estimate of drug-likeness (QED) is 0.790. The normalized spacial score (nSPS) is 26.9. The Morgan fingerprint density at radius 3 is 3.29 bits per heavy atom. The highest BCUT2D eigenvalue weighted by Crippen LogP contribution is 2.17. The summed E-state index contributed by atoms with van der Waals surface area (Å²) >= 11 is 1.71. The summed E-state index contributed by atoms with van der Waals surface area (Å²) < 4.78 is 0. The Bertz CT molecular complexity index is 265. The summed E-state index contributed by atoms with van der Waals surface area (Å²) in [4.78, 5) is 5.36. The van der Waals surface area contributed by atoms with Gasteiger partial charge < -0.3 is 10.6 Å². The van der Waals surface area contributed by atoms with Crippen molar-refractivity contribution in [3.05, 3.63) is 16.6 Å². The third kappa shape index (κ3) is 2.53. The van der Waals surface area contributed by atoms with Gasteiger partial charge in [-0.05, 0) is 26.3 Å². The van der Waals surface area contributed by atoms with Gasteiger partial charge >= 0.3 is 0 Å². The third-order valence-electron chi connectivity index (χ3n) is 2.75. The van der Waals surface area contributed by atoms with E-state index in [0.29, 0.717) is 5.54 Å². The summed E-state index contributed by atoms with van der Waals surface area (Å²) in [6.07, 6.45) is 4.52. The molecule has 1 atom stereocenters. The molecule has 14 heavy (non-hydrogen) atoms. The second-order valence-electron chi connectivity index (χ2n) is 4.16. The van der Waals surface area contributed by atoms with Crippen molar-refractivity contribution in [2.24, 2.45) is 0 Å². The maximum absolute atomic E-state index is 4.05. The zero-order chi connectivity index (χ0) is 9.86. The van der Waals surface area contributed by atoms with Crippen molar-refractivity contribution in [2.45, 2.75) is 31.8 Å². The van der Waals surface area contributed by atoms with Gasteiger partial charge in [0.15, 0.2) is 0 Å². The van der Waals surface area contributed by atoms with Crippen LogP contribution in [0.3, 0.4) is 0 Å². The van der Waals surface area contributed by atoms with Crippen LogP contribution in [0.5, 0.6) is 0 Å². The lowest BCUT2D eigenvalue weighted by Crippen LogP contribution is -2.45. The molecule has 2 heterocycles. The predicted octanol–water partition coefficient (Wildman–Crippen LogP) is 1.37. The molecule has 0 bridgehead atoms. The molecule has 1 fully saturated rings. The van der Waals surface area contributed by atoms with Crippen LogP contribution in [0.1, 0.15) is 24.6 Å². The highest BCUT2D eigenvalue weighted by Gasteiger charge is 2.26. The Labute approximate surface area is 88.9 Å². The Balaban J connectivity index is 1.72. The molecular formula is C10H17N3S. The molecule has 0 aromatic carbocycles. The summed E-state index contributed by atoms with van der Waals surface area (Å²) in [5, 5.41) is 7.02. The number of hydrogen-bond donors (Lipinski definition) is 2. The molecule has 2 N–H and O–H groups in total. The van der Waals surface area contributed by atoms with Crippen LogP contribution in [-0.4, -0.2) is 23.6 Å². The molecule has 0 radical (unpaired) electrons. The van der Waals surface area contributed by atoms with Crippen molar-refractivity contribution in [3.63, 3.8) is 0 Å². The standard InChI is InChI=1S/C10H17N3S/c1-10(3-2-4-13-10)7-11-5-9-6-12-8-14-9/h6,8,11,13H,2-5,7H2,1H3. The third-order valence-corrected chi connectivity index (χ3v) is 3.53. The summed E-state index contributed by atoms with van der Waals surface area (Å²) in [6.45, 7) is 5.45. The number of thiazole rings is 1. The number of aromatic nitrogens is 1. The van der Waals surface area contributed by atoms with E-state index in [4.69, 9.17) is 0 Å². The first kappa shape index (κ1) is 10.1. The van der Waals surface area contributed by atoms with Crippen LogP contribution in [0, 0.1) is 0 Å². The van der Waals surface area contributed by atoms with E-state index < -0.39 is 0 Å². The van der Waals surface area contributed by atoms with Crippen molar-refractivity contribution < 1.29 is 0 Å². The highest BCUT2D eigenvalue weighted by atomic mass is 32.1. The van der Waals surface area contributed by atoms with E-state index >= 15 is 0 Å². The number of nitrogens with zero attached hydrogens (tertiary/aromatic N) is 1. The topological polar surface area (TPSA) is 37.0 Å². The van der Waals surface area contributed by atoms with Gasteiger partial charge in [0.05, 0.1) is 5.51 Å². The minimum atomic E-state index is 0.310. The Hall–Kier alpha value is -0.450. The van der Waals surface area contributed by atoms with Gasteiger partial charge in [0.2, 0.25) is 0 Å². The monoisotopic (exact) mass is 211 g/mol. The maximum atomic E-state index is 4.05. The molecule has 0 aliphatic carbocycles. The van der Waals surface area contributed by atoms with E-state index in [1.807, 2.05) is 11.7 Å². The lowest BCUT2D eigenvalue weighted by molar-refractivity contribution is 0.385. The van der Waals surface area contributed by atoms with E-state index in [1.165, 1.54) is 24.3 Å². The van der Waals surface area contributed by atoms with Crippen LogP contribution in [0.4, 0.5) is 0 Å². The van der Waals surface area contributed by atoms with Gasteiger partial charge in [-0.25, -0.2) is 0 Å². The number of nitrogens with one attached hydrogen (secondary N) is 2. The molecule has 2 rings (SSSR count). The summed E-state index contributed by atoms with van der Waals surface area (Å²) in [5.74, 6) is 0. The zero-order valence-electron chi connectivity index (χ0n) is 8.55. The van der Waals surface area contributed by atoms with Crippen LogP contribution < -0.4 is 10.6 Å². The molecule has 1 aliphatic rings. The Morgan fingerprint density at radius 1 is 1.71 bits per heavy atom. The molecule has 0 amide bonds. The van der Waals surface area contributed by atoms with Crippen molar-refractivity contribution in [3.8, 4) is 0 Å². The van der Waals surface area contributed by atoms with Gasteiger partial charge in [0.25, 0.3) is 0 Å². The summed E-state index contributed by atoms with van der Waals surface area (Å²) in [7, 11) is 0. The van der Waals surface area contributed by atoms with E-state index in [-0.39, 0.29) is 0 Å². The van der Waals surface area contributed by atoms with Crippen molar-refractivity contribution in [1.29, 1.82) is 0 Å². The first-order valence-corrected chi connectivity index (χ1v) is 6.00. The average molecular weight is 211 g/mol. The van der Waals surface area contributed by atoms with Crippen LogP contribution in [0.15, 0.2) is 11.7 Å². The fourth-order valence-electron chi connectivity index (χ4n) is 1.90. The molecule has 0 saturated carbocycles. The van der Waals surface area contributed by atoms with Gasteiger partial charge in [0, 0.05) is 29.7 Å². The van der Waals surface area contributed by atoms with Crippen molar-refractivity contribution in [1.82, 2.24) is 15.6 Å². The second-order valence-corrected chi connectivity index (χ2v) is 5.13. The largest absolute Gasteiger partial charge is 0.310 e. The molecule has 3 nitrogen and oxygen atoms in total. The van der Waals surface area contributed by atoms with Gasteiger partial charge in [-0.15, -0.1) is 11.3 Å². The molecule has 0 spiro atoms. The van der Waals surface area contributed by atoms with Gasteiger partial charge in [0.1, 0.15) is 0 Å². The van der Waals surface area contributed by atoms with Crippen LogP contribution in [-0.2, 0) is 6.54 Å². The van der Waals surface area contributed by atoms with Gasteiger partial charge in [-0.3, -0.25) is 4.98 Å². The van der Waals surface area contributed by atoms with Crippen LogP contribution in [0.25, 0.3) is 0 Å². The van der Waals surface area contributed by atoms with Crippen LogP contribution in [0.2, 0.25) is 0 Å². The molecule has 4 heteroatoms. The minimum Gasteiger partial charge on any atom is -0.310 e. The first-order chi connectivity index (χ1) is 6.79. The fourth-order valence-corrected chi connectivity index (χ4v) is 2.46. The van der Waals surface area contributed by atoms with Crippen LogP contribution >= 0.6 is 11.3 Å². The Kier molecular flexibility index (Phi) is 3.15. The van der Waals surface area contributed by atoms with Crippen molar-refractivity contribution in [2.75, 3.05) is 13.1 Å². The van der Waals surface area contributed by atoms with Crippen molar-refractivity contribution >= 4 is 11.3 Å². The smallest absolute Gasteiger partial charge is 0.0794 e.